The van der Waals surface area contributed by atoms with Gasteiger partial charge in [0.2, 0.25) is 10.0 Å². The van der Waals surface area contributed by atoms with Crippen LogP contribution in [0.5, 0.6) is 0 Å². The molecule has 0 atom stereocenters. The van der Waals surface area contributed by atoms with E-state index in [-0.39, 0.29) is 18.0 Å². The first kappa shape index (κ1) is 16.3. The molecule has 0 aliphatic rings. The molecule has 0 unspecified atom stereocenters. The molecule has 0 aromatic heterocycles. The molecule has 0 amide bonds. The van der Waals surface area contributed by atoms with Crippen LogP contribution in [0.15, 0.2) is 36.4 Å². The first-order valence-electron chi connectivity index (χ1n) is 6.11. The second kappa shape index (κ2) is 6.62. The summed E-state index contributed by atoms with van der Waals surface area (Å²) in [7, 11) is -3.45. The lowest BCUT2D eigenvalue weighted by Crippen LogP contribution is -2.33. The Morgan fingerprint density at radius 1 is 1.35 bits per heavy atom. The van der Waals surface area contributed by atoms with Gasteiger partial charge in [-0.2, -0.15) is 4.31 Å². The van der Waals surface area contributed by atoms with Gasteiger partial charge in [0.1, 0.15) is 0 Å². The number of hydrogen-bond acceptors (Lipinski definition) is 4. The lowest BCUT2D eigenvalue weighted by molar-refractivity contribution is -0.384. The summed E-state index contributed by atoms with van der Waals surface area (Å²) in [4.78, 5) is 10.0. The van der Waals surface area contributed by atoms with Crippen molar-refractivity contribution in [2.45, 2.75) is 19.6 Å². The zero-order valence-corrected chi connectivity index (χ0v) is 12.4. The second-order valence-corrected chi connectivity index (χ2v) is 6.53. The van der Waals surface area contributed by atoms with E-state index in [2.05, 4.69) is 6.58 Å². The molecule has 6 nitrogen and oxygen atoms in total. The third kappa shape index (κ3) is 4.43. The van der Waals surface area contributed by atoms with Crippen LogP contribution in [0.2, 0.25) is 0 Å². The normalized spacial score (nSPS) is 11.6. The first-order valence-corrected chi connectivity index (χ1v) is 7.72. The molecule has 7 heteroatoms. The third-order valence-electron chi connectivity index (χ3n) is 2.69. The van der Waals surface area contributed by atoms with Gasteiger partial charge < -0.3 is 0 Å². The fourth-order valence-electron chi connectivity index (χ4n) is 1.72. The van der Waals surface area contributed by atoms with Crippen LogP contribution in [0, 0.1) is 10.1 Å². The summed E-state index contributed by atoms with van der Waals surface area (Å²) in [6, 6.07) is 5.54. The van der Waals surface area contributed by atoms with Gasteiger partial charge in [-0.1, -0.05) is 31.2 Å². The molecule has 1 rings (SSSR count). The summed E-state index contributed by atoms with van der Waals surface area (Å²) < 4.78 is 25.8. The molecule has 0 heterocycles. The van der Waals surface area contributed by atoms with Gasteiger partial charge in [0.15, 0.2) is 0 Å². The SMILES string of the molecule is C=C(C)CN(CC)S(=O)(=O)Cc1ccc([N+](=O)[O-])cc1. The van der Waals surface area contributed by atoms with Gasteiger partial charge in [-0.3, -0.25) is 10.1 Å². The summed E-state index contributed by atoms with van der Waals surface area (Å²) in [5.74, 6) is -0.174. The summed E-state index contributed by atoms with van der Waals surface area (Å²) in [6.07, 6.45) is 0. The molecule has 0 radical (unpaired) electrons. The van der Waals surface area contributed by atoms with Gasteiger partial charge >= 0.3 is 0 Å². The van der Waals surface area contributed by atoms with Crippen molar-refractivity contribution >= 4 is 15.7 Å². The van der Waals surface area contributed by atoms with Crippen molar-refractivity contribution in [3.05, 3.63) is 52.1 Å². The molecule has 0 saturated heterocycles. The predicted octanol–water partition coefficient (Wildman–Crippen LogP) is 2.32. The molecule has 0 N–H and O–H groups in total. The van der Waals surface area contributed by atoms with E-state index in [0.717, 1.165) is 5.57 Å². The molecule has 110 valence electrons. The predicted molar refractivity (Wildman–Crippen MR) is 77.8 cm³/mol. The molecular formula is C13H18N2O4S. The molecule has 1 aromatic rings. The number of nitro groups is 1. The number of nitro benzene ring substituents is 1. The van der Waals surface area contributed by atoms with Gasteiger partial charge in [0.25, 0.3) is 5.69 Å². The zero-order chi connectivity index (χ0) is 15.3. The number of benzene rings is 1. The zero-order valence-electron chi connectivity index (χ0n) is 11.6. The van der Waals surface area contributed by atoms with Crippen molar-refractivity contribution in [1.29, 1.82) is 0 Å². The number of nitrogens with zero attached hydrogens (tertiary/aromatic N) is 2. The Morgan fingerprint density at radius 2 is 1.90 bits per heavy atom. The highest BCUT2D eigenvalue weighted by atomic mass is 32.2. The van der Waals surface area contributed by atoms with Crippen molar-refractivity contribution in [1.82, 2.24) is 4.31 Å². The Balaban J connectivity index is 2.89. The van der Waals surface area contributed by atoms with E-state index in [1.165, 1.54) is 28.6 Å². The van der Waals surface area contributed by atoms with Crippen LogP contribution in [0.4, 0.5) is 5.69 Å². The Hall–Kier alpha value is -1.73. The van der Waals surface area contributed by atoms with Crippen LogP contribution in [0.3, 0.4) is 0 Å². The Labute approximate surface area is 118 Å². The summed E-state index contributed by atoms with van der Waals surface area (Å²) in [5.41, 5.74) is 1.23. The molecule has 0 spiro atoms. The minimum absolute atomic E-state index is 0.0552. The quantitative estimate of drug-likeness (QED) is 0.439. The fraction of sp³-hybridized carbons (Fsp3) is 0.385. The maximum atomic E-state index is 12.2. The number of hydrogen-bond donors (Lipinski definition) is 0. The van der Waals surface area contributed by atoms with E-state index >= 15 is 0 Å². The van der Waals surface area contributed by atoms with E-state index in [1.807, 2.05) is 0 Å². The van der Waals surface area contributed by atoms with E-state index in [1.54, 1.807) is 13.8 Å². The van der Waals surface area contributed by atoms with Gasteiger partial charge in [0, 0.05) is 25.2 Å². The van der Waals surface area contributed by atoms with Crippen LogP contribution >= 0.6 is 0 Å². The van der Waals surface area contributed by atoms with Crippen molar-refractivity contribution in [2.24, 2.45) is 0 Å². The van der Waals surface area contributed by atoms with Crippen LogP contribution < -0.4 is 0 Å². The minimum atomic E-state index is -3.45. The average molecular weight is 298 g/mol. The van der Waals surface area contributed by atoms with E-state index in [0.29, 0.717) is 12.1 Å². The Bertz CT molecular complexity index is 593. The monoisotopic (exact) mass is 298 g/mol. The molecule has 0 fully saturated rings. The van der Waals surface area contributed by atoms with Crippen LogP contribution in [0.1, 0.15) is 19.4 Å². The minimum Gasteiger partial charge on any atom is -0.258 e. The molecule has 0 saturated carbocycles. The smallest absolute Gasteiger partial charge is 0.258 e. The molecule has 0 aliphatic carbocycles. The standard InChI is InChI=1S/C13H18N2O4S/c1-4-14(9-11(2)3)20(18,19)10-12-5-7-13(8-6-12)15(16)17/h5-8H,2,4,9-10H2,1,3H3. The van der Waals surface area contributed by atoms with Crippen molar-refractivity contribution in [2.75, 3.05) is 13.1 Å². The largest absolute Gasteiger partial charge is 0.269 e. The second-order valence-electron chi connectivity index (χ2n) is 4.56. The van der Waals surface area contributed by atoms with Crippen molar-refractivity contribution in [3.8, 4) is 0 Å². The maximum absolute atomic E-state index is 12.2. The van der Waals surface area contributed by atoms with Crippen molar-refractivity contribution < 1.29 is 13.3 Å². The molecule has 0 aliphatic heterocycles. The lowest BCUT2D eigenvalue weighted by atomic mass is 10.2. The Morgan fingerprint density at radius 3 is 2.30 bits per heavy atom. The summed E-state index contributed by atoms with van der Waals surface area (Å²) >= 11 is 0. The van der Waals surface area contributed by atoms with Crippen LogP contribution in [-0.4, -0.2) is 30.7 Å². The van der Waals surface area contributed by atoms with Gasteiger partial charge in [0.05, 0.1) is 10.7 Å². The molecule has 1 aromatic carbocycles. The molecular weight excluding hydrogens is 280 g/mol. The average Bonchev–Trinajstić information content (AvgIpc) is 2.35. The number of rotatable bonds is 7. The molecule has 20 heavy (non-hydrogen) atoms. The molecule has 0 bridgehead atoms. The summed E-state index contributed by atoms with van der Waals surface area (Å²) in [6.45, 7) is 7.89. The lowest BCUT2D eigenvalue weighted by Gasteiger charge is -2.20. The highest BCUT2D eigenvalue weighted by Crippen LogP contribution is 2.16. The first-order chi connectivity index (χ1) is 9.26. The van der Waals surface area contributed by atoms with Crippen molar-refractivity contribution in [3.63, 3.8) is 0 Å². The number of non-ortho nitro benzene ring substituents is 1. The third-order valence-corrected chi connectivity index (χ3v) is 4.56. The van der Waals surface area contributed by atoms with E-state index in [4.69, 9.17) is 0 Å². The number of likely N-dealkylation sites (N-methyl/N-ethyl adjacent to an activating group) is 1. The van der Waals surface area contributed by atoms with Crippen LogP contribution in [-0.2, 0) is 15.8 Å². The van der Waals surface area contributed by atoms with Gasteiger partial charge in [-0.15, -0.1) is 0 Å². The van der Waals surface area contributed by atoms with E-state index < -0.39 is 14.9 Å². The fourth-order valence-corrected chi connectivity index (χ4v) is 3.33. The maximum Gasteiger partial charge on any atom is 0.269 e. The Kier molecular flexibility index (Phi) is 5.41. The highest BCUT2D eigenvalue weighted by Gasteiger charge is 2.21. The van der Waals surface area contributed by atoms with E-state index in [9.17, 15) is 18.5 Å². The highest BCUT2D eigenvalue weighted by molar-refractivity contribution is 7.88. The topological polar surface area (TPSA) is 80.5 Å². The number of sulfonamides is 1. The van der Waals surface area contributed by atoms with Gasteiger partial charge in [-0.05, 0) is 12.5 Å². The summed E-state index contributed by atoms with van der Waals surface area (Å²) in [5, 5.41) is 10.5. The van der Waals surface area contributed by atoms with Gasteiger partial charge in [-0.25, -0.2) is 8.42 Å². The van der Waals surface area contributed by atoms with Crippen LogP contribution in [0.25, 0.3) is 0 Å².